The van der Waals surface area contributed by atoms with E-state index in [0.29, 0.717) is 32.1 Å². The Hall–Kier alpha value is -3.65. The predicted octanol–water partition coefficient (Wildman–Crippen LogP) is 2.90. The molecule has 1 aromatic heterocycles. The van der Waals surface area contributed by atoms with E-state index in [2.05, 4.69) is 23.5 Å². The number of carbonyl (C=O) groups is 2. The molecule has 0 bridgehead atoms. The number of para-hydroxylation sites is 1. The normalized spacial score (nSPS) is 14.0. The van der Waals surface area contributed by atoms with Gasteiger partial charge in [0.05, 0.1) is 19.4 Å². The van der Waals surface area contributed by atoms with Crippen LogP contribution < -0.4 is 10.2 Å². The standard InChI is InChI=1S/C26H30N4O4/c1-3-20-12-19(2)13-22(14-20)34-18-25(31)28-27-15-21-16-30(24-7-5-4-6-23(21)24)17-26(32)29-8-10-33-11-9-29/h4-7,12-16H,3,8-11,17-18H2,1-2H3,(H,28,31)/b27-15+. The zero-order valence-electron chi connectivity index (χ0n) is 19.6. The molecule has 0 atom stereocenters. The molecule has 1 aliphatic rings. The molecule has 2 aromatic carbocycles. The fourth-order valence-electron chi connectivity index (χ4n) is 4.03. The van der Waals surface area contributed by atoms with E-state index < -0.39 is 0 Å². The molecule has 0 saturated carbocycles. The van der Waals surface area contributed by atoms with Crippen LogP contribution in [0.15, 0.2) is 53.8 Å². The Morgan fingerprint density at radius 2 is 1.97 bits per heavy atom. The summed E-state index contributed by atoms with van der Waals surface area (Å²) in [5.74, 6) is 0.381. The number of nitrogens with zero attached hydrogens (tertiary/aromatic N) is 3. The van der Waals surface area contributed by atoms with Gasteiger partial charge in [-0.05, 0) is 42.7 Å². The fraction of sp³-hybridized carbons (Fsp3) is 0.346. The van der Waals surface area contributed by atoms with Gasteiger partial charge < -0.3 is 18.9 Å². The molecule has 4 rings (SSSR count). The number of aromatic nitrogens is 1. The largest absolute Gasteiger partial charge is 0.484 e. The summed E-state index contributed by atoms with van der Waals surface area (Å²) in [6.07, 6.45) is 4.38. The highest BCUT2D eigenvalue weighted by Gasteiger charge is 2.18. The lowest BCUT2D eigenvalue weighted by Crippen LogP contribution is -2.42. The van der Waals surface area contributed by atoms with Crippen molar-refractivity contribution in [3.05, 3.63) is 65.4 Å². The second kappa shape index (κ2) is 11.0. The molecular formula is C26H30N4O4. The molecule has 3 aromatic rings. The van der Waals surface area contributed by atoms with Crippen molar-refractivity contribution in [3.8, 4) is 5.75 Å². The summed E-state index contributed by atoms with van der Waals surface area (Å²) in [6, 6.07) is 13.8. The van der Waals surface area contributed by atoms with Crippen LogP contribution >= 0.6 is 0 Å². The van der Waals surface area contributed by atoms with E-state index in [1.807, 2.05) is 59.0 Å². The number of amides is 2. The fourth-order valence-corrected chi connectivity index (χ4v) is 4.03. The van der Waals surface area contributed by atoms with Gasteiger partial charge in [0.15, 0.2) is 6.61 Å². The summed E-state index contributed by atoms with van der Waals surface area (Å²) in [4.78, 5) is 26.8. The number of morpholine rings is 1. The van der Waals surface area contributed by atoms with Crippen molar-refractivity contribution in [1.29, 1.82) is 0 Å². The highest BCUT2D eigenvalue weighted by Crippen LogP contribution is 2.20. The first-order valence-electron chi connectivity index (χ1n) is 11.5. The highest BCUT2D eigenvalue weighted by atomic mass is 16.5. The lowest BCUT2D eigenvalue weighted by molar-refractivity contribution is -0.135. The molecule has 0 radical (unpaired) electrons. The van der Waals surface area contributed by atoms with Crippen LogP contribution in [0.2, 0.25) is 0 Å². The van der Waals surface area contributed by atoms with E-state index in [1.54, 1.807) is 6.21 Å². The van der Waals surface area contributed by atoms with E-state index in [0.717, 1.165) is 34.0 Å². The number of hydrogen-bond acceptors (Lipinski definition) is 5. The van der Waals surface area contributed by atoms with Crippen molar-refractivity contribution in [1.82, 2.24) is 14.9 Å². The summed E-state index contributed by atoms with van der Waals surface area (Å²) >= 11 is 0. The zero-order chi connectivity index (χ0) is 23.9. The van der Waals surface area contributed by atoms with Gasteiger partial charge in [-0.25, -0.2) is 5.43 Å². The zero-order valence-corrected chi connectivity index (χ0v) is 19.6. The maximum Gasteiger partial charge on any atom is 0.277 e. The summed E-state index contributed by atoms with van der Waals surface area (Å²) in [7, 11) is 0. The molecule has 0 aliphatic carbocycles. The minimum Gasteiger partial charge on any atom is -0.484 e. The second-order valence-corrected chi connectivity index (χ2v) is 8.31. The lowest BCUT2D eigenvalue weighted by Gasteiger charge is -2.27. The molecule has 1 saturated heterocycles. The molecule has 8 nitrogen and oxygen atoms in total. The number of carbonyl (C=O) groups excluding carboxylic acids is 2. The molecule has 0 spiro atoms. The predicted molar refractivity (Wildman–Crippen MR) is 131 cm³/mol. The number of hydrogen-bond donors (Lipinski definition) is 1. The molecule has 34 heavy (non-hydrogen) atoms. The first kappa shape index (κ1) is 23.5. The summed E-state index contributed by atoms with van der Waals surface area (Å²) < 4.78 is 12.9. The Bertz CT molecular complexity index is 1190. The Morgan fingerprint density at radius 1 is 1.18 bits per heavy atom. The number of rotatable bonds is 8. The maximum atomic E-state index is 12.7. The Morgan fingerprint density at radius 3 is 2.76 bits per heavy atom. The van der Waals surface area contributed by atoms with E-state index in [1.165, 1.54) is 0 Å². The smallest absolute Gasteiger partial charge is 0.277 e. The third kappa shape index (κ3) is 5.82. The van der Waals surface area contributed by atoms with Crippen LogP contribution in [0.25, 0.3) is 10.9 Å². The molecule has 1 N–H and O–H groups in total. The van der Waals surface area contributed by atoms with Crippen LogP contribution in [-0.2, 0) is 27.3 Å². The van der Waals surface area contributed by atoms with Gasteiger partial charge in [0.2, 0.25) is 5.91 Å². The number of fused-ring (bicyclic) bond motifs is 1. The van der Waals surface area contributed by atoms with Crippen molar-refractivity contribution < 1.29 is 19.1 Å². The number of ether oxygens (including phenoxy) is 2. The monoisotopic (exact) mass is 462 g/mol. The maximum absolute atomic E-state index is 12.7. The van der Waals surface area contributed by atoms with Crippen LogP contribution in [0.3, 0.4) is 0 Å². The average Bonchev–Trinajstić information content (AvgIpc) is 3.20. The van der Waals surface area contributed by atoms with E-state index in [9.17, 15) is 9.59 Å². The molecule has 2 amide bonds. The molecule has 0 unspecified atom stereocenters. The van der Waals surface area contributed by atoms with Crippen molar-refractivity contribution in [2.75, 3.05) is 32.9 Å². The van der Waals surface area contributed by atoms with Gasteiger partial charge in [0.1, 0.15) is 12.3 Å². The van der Waals surface area contributed by atoms with E-state index in [4.69, 9.17) is 9.47 Å². The third-order valence-corrected chi connectivity index (χ3v) is 5.77. The lowest BCUT2D eigenvalue weighted by atomic mass is 10.1. The van der Waals surface area contributed by atoms with E-state index in [-0.39, 0.29) is 25.0 Å². The van der Waals surface area contributed by atoms with Gasteiger partial charge >= 0.3 is 0 Å². The van der Waals surface area contributed by atoms with Crippen LogP contribution in [0, 0.1) is 6.92 Å². The van der Waals surface area contributed by atoms with Crippen molar-refractivity contribution in [2.45, 2.75) is 26.8 Å². The molecule has 8 heteroatoms. The van der Waals surface area contributed by atoms with Gasteiger partial charge in [-0.1, -0.05) is 31.2 Å². The van der Waals surface area contributed by atoms with Gasteiger partial charge in [-0.2, -0.15) is 5.10 Å². The summed E-state index contributed by atoms with van der Waals surface area (Å²) in [5.41, 5.74) is 6.53. The first-order chi connectivity index (χ1) is 16.5. The molecule has 1 fully saturated rings. The van der Waals surface area contributed by atoms with Crippen molar-refractivity contribution in [3.63, 3.8) is 0 Å². The third-order valence-electron chi connectivity index (χ3n) is 5.77. The van der Waals surface area contributed by atoms with Gasteiger partial charge in [0, 0.05) is 35.8 Å². The Kier molecular flexibility index (Phi) is 7.59. The number of nitrogens with one attached hydrogen (secondary N) is 1. The summed E-state index contributed by atoms with van der Waals surface area (Å²) in [6.45, 7) is 6.57. The Labute approximate surface area is 199 Å². The Balaban J connectivity index is 1.38. The van der Waals surface area contributed by atoms with Crippen LogP contribution in [0.4, 0.5) is 0 Å². The van der Waals surface area contributed by atoms with Crippen LogP contribution in [-0.4, -0.2) is 60.4 Å². The van der Waals surface area contributed by atoms with E-state index >= 15 is 0 Å². The molecular weight excluding hydrogens is 432 g/mol. The molecule has 178 valence electrons. The quantitative estimate of drug-likeness (QED) is 0.412. The number of hydrazone groups is 1. The SMILES string of the molecule is CCc1cc(C)cc(OCC(=O)N/N=C/c2cn(CC(=O)N3CCOCC3)c3ccccc23)c1. The molecule has 1 aliphatic heterocycles. The minimum absolute atomic E-state index is 0.0559. The van der Waals surface area contributed by atoms with Gasteiger partial charge in [0.25, 0.3) is 5.91 Å². The number of benzene rings is 2. The first-order valence-corrected chi connectivity index (χ1v) is 11.5. The van der Waals surface area contributed by atoms with Gasteiger partial charge in [-0.3, -0.25) is 9.59 Å². The summed E-state index contributed by atoms with van der Waals surface area (Å²) in [5, 5.41) is 5.06. The minimum atomic E-state index is -0.345. The second-order valence-electron chi connectivity index (χ2n) is 8.31. The number of aryl methyl sites for hydroxylation is 2. The molecule has 2 heterocycles. The van der Waals surface area contributed by atoms with Gasteiger partial charge in [-0.15, -0.1) is 0 Å². The van der Waals surface area contributed by atoms with Crippen LogP contribution in [0.5, 0.6) is 5.75 Å². The highest BCUT2D eigenvalue weighted by molar-refractivity contribution is 6.00. The van der Waals surface area contributed by atoms with Crippen LogP contribution in [0.1, 0.15) is 23.6 Å². The van der Waals surface area contributed by atoms with Crippen molar-refractivity contribution in [2.24, 2.45) is 5.10 Å². The average molecular weight is 463 g/mol. The van der Waals surface area contributed by atoms with Crippen molar-refractivity contribution >= 4 is 28.9 Å². The topological polar surface area (TPSA) is 85.2 Å².